The lowest BCUT2D eigenvalue weighted by atomic mass is 9.95. The Balaban J connectivity index is 1.66. The lowest BCUT2D eigenvalue weighted by Crippen LogP contribution is -2.49. The van der Waals surface area contributed by atoms with Crippen LogP contribution in [0.4, 0.5) is 0 Å². The summed E-state index contributed by atoms with van der Waals surface area (Å²) in [5.74, 6) is -0.534. The summed E-state index contributed by atoms with van der Waals surface area (Å²) in [6, 6.07) is 0.799. The average molecular weight is 309 g/mol. The van der Waals surface area contributed by atoms with Gasteiger partial charge in [0, 0.05) is 18.1 Å². The molecule has 1 heterocycles. The number of hydrogen-bond donors (Lipinski definition) is 2. The fourth-order valence-electron chi connectivity index (χ4n) is 3.51. The van der Waals surface area contributed by atoms with E-state index < -0.39 is 11.8 Å². The topological polar surface area (TPSA) is 61.4 Å². The molecule has 0 aromatic carbocycles. The minimum atomic E-state index is -0.532. The molecule has 5 heteroatoms. The predicted octanol–water partition coefficient (Wildman–Crippen LogP) is 1.67. The summed E-state index contributed by atoms with van der Waals surface area (Å²) in [7, 11) is 0. The Morgan fingerprint density at radius 1 is 1.00 bits per heavy atom. The van der Waals surface area contributed by atoms with Gasteiger partial charge in [-0.05, 0) is 65.5 Å². The van der Waals surface area contributed by atoms with Crippen LogP contribution in [0.3, 0.4) is 0 Å². The second kappa shape index (κ2) is 7.44. The molecule has 1 saturated heterocycles. The number of carbonyl (C=O) groups excluding carboxylic acids is 2. The van der Waals surface area contributed by atoms with Crippen LogP contribution in [-0.2, 0) is 9.59 Å². The molecule has 2 aliphatic rings. The highest BCUT2D eigenvalue weighted by atomic mass is 16.2. The molecule has 0 aromatic rings. The Bertz CT molecular complexity index is 389. The zero-order valence-electron chi connectivity index (χ0n) is 14.3. The molecule has 2 rings (SSSR count). The van der Waals surface area contributed by atoms with Crippen LogP contribution in [0.15, 0.2) is 0 Å². The molecule has 1 aliphatic carbocycles. The Morgan fingerprint density at radius 2 is 1.59 bits per heavy atom. The molecule has 22 heavy (non-hydrogen) atoms. The SMILES string of the molecule is CC(C)(C)NC(=O)C(=O)NCC1CCN(C2CCCC2)CC1. The van der Waals surface area contributed by atoms with Gasteiger partial charge < -0.3 is 15.5 Å². The standard InChI is InChI=1S/C17H31N3O2/c1-17(2,3)19-16(22)15(21)18-12-13-8-10-20(11-9-13)14-6-4-5-7-14/h13-14H,4-12H2,1-3H3,(H,18,21)(H,19,22). The van der Waals surface area contributed by atoms with Gasteiger partial charge in [0.15, 0.2) is 0 Å². The van der Waals surface area contributed by atoms with E-state index in [1.165, 1.54) is 25.7 Å². The minimum absolute atomic E-state index is 0.374. The van der Waals surface area contributed by atoms with Crippen LogP contribution in [0, 0.1) is 5.92 Å². The first-order valence-corrected chi connectivity index (χ1v) is 8.69. The van der Waals surface area contributed by atoms with E-state index in [2.05, 4.69) is 15.5 Å². The highest BCUT2D eigenvalue weighted by Crippen LogP contribution is 2.27. The number of piperidine rings is 1. The summed E-state index contributed by atoms with van der Waals surface area (Å²) < 4.78 is 0. The number of rotatable bonds is 3. The molecule has 5 nitrogen and oxygen atoms in total. The molecule has 0 radical (unpaired) electrons. The molecule has 0 atom stereocenters. The van der Waals surface area contributed by atoms with Crippen molar-refractivity contribution < 1.29 is 9.59 Å². The van der Waals surface area contributed by atoms with Crippen molar-refractivity contribution in [2.24, 2.45) is 5.92 Å². The van der Waals surface area contributed by atoms with E-state index in [4.69, 9.17) is 0 Å². The molecule has 2 amide bonds. The highest BCUT2D eigenvalue weighted by molar-refractivity contribution is 6.35. The Labute approximate surface area is 134 Å². The van der Waals surface area contributed by atoms with Gasteiger partial charge in [-0.25, -0.2) is 0 Å². The normalized spacial score (nSPS) is 21.8. The van der Waals surface area contributed by atoms with Crippen molar-refractivity contribution >= 4 is 11.8 Å². The van der Waals surface area contributed by atoms with Crippen molar-refractivity contribution in [1.29, 1.82) is 0 Å². The van der Waals surface area contributed by atoms with Crippen LogP contribution in [0.1, 0.15) is 59.3 Å². The Kier molecular flexibility index (Phi) is 5.84. The van der Waals surface area contributed by atoms with Crippen molar-refractivity contribution in [1.82, 2.24) is 15.5 Å². The van der Waals surface area contributed by atoms with Gasteiger partial charge in [0.25, 0.3) is 0 Å². The van der Waals surface area contributed by atoms with Crippen molar-refractivity contribution in [2.45, 2.75) is 70.9 Å². The minimum Gasteiger partial charge on any atom is -0.348 e. The lowest BCUT2D eigenvalue weighted by Gasteiger charge is -2.36. The first-order valence-electron chi connectivity index (χ1n) is 8.69. The third kappa shape index (κ3) is 5.27. The molecule has 2 fully saturated rings. The van der Waals surface area contributed by atoms with Gasteiger partial charge in [-0.2, -0.15) is 0 Å². The summed E-state index contributed by atoms with van der Waals surface area (Å²) in [6.45, 7) is 8.51. The average Bonchev–Trinajstić information content (AvgIpc) is 2.97. The maximum Gasteiger partial charge on any atom is 0.309 e. The molecule has 2 N–H and O–H groups in total. The third-order valence-corrected chi connectivity index (χ3v) is 4.74. The van der Waals surface area contributed by atoms with Gasteiger partial charge >= 0.3 is 11.8 Å². The molecule has 0 aromatic heterocycles. The van der Waals surface area contributed by atoms with Crippen molar-refractivity contribution in [3.63, 3.8) is 0 Å². The number of hydrogen-bond acceptors (Lipinski definition) is 3. The zero-order chi connectivity index (χ0) is 16.2. The molecule has 126 valence electrons. The maximum absolute atomic E-state index is 11.8. The van der Waals surface area contributed by atoms with Crippen LogP contribution >= 0.6 is 0 Å². The summed E-state index contributed by atoms with van der Waals surface area (Å²) in [5, 5.41) is 5.48. The molecule has 1 saturated carbocycles. The molecule has 1 aliphatic heterocycles. The molecule has 0 bridgehead atoms. The largest absolute Gasteiger partial charge is 0.348 e. The van der Waals surface area contributed by atoms with Gasteiger partial charge in [-0.3, -0.25) is 9.59 Å². The van der Waals surface area contributed by atoms with Crippen LogP contribution < -0.4 is 10.6 Å². The van der Waals surface area contributed by atoms with Crippen molar-refractivity contribution in [3.8, 4) is 0 Å². The van der Waals surface area contributed by atoms with E-state index in [0.29, 0.717) is 12.5 Å². The van der Waals surface area contributed by atoms with E-state index in [1.54, 1.807) is 0 Å². The van der Waals surface area contributed by atoms with Gasteiger partial charge in [-0.1, -0.05) is 12.8 Å². The number of amides is 2. The van der Waals surface area contributed by atoms with Crippen LogP contribution in [0.25, 0.3) is 0 Å². The van der Waals surface area contributed by atoms with Gasteiger partial charge in [0.05, 0.1) is 0 Å². The smallest absolute Gasteiger partial charge is 0.309 e. The van der Waals surface area contributed by atoms with E-state index in [9.17, 15) is 9.59 Å². The molecule has 0 spiro atoms. The van der Waals surface area contributed by atoms with Crippen LogP contribution in [0.2, 0.25) is 0 Å². The lowest BCUT2D eigenvalue weighted by molar-refractivity contribution is -0.140. The summed E-state index contributed by atoms with van der Waals surface area (Å²) in [6.07, 6.45) is 7.71. The fraction of sp³-hybridized carbons (Fsp3) is 0.882. The van der Waals surface area contributed by atoms with Gasteiger partial charge in [0.1, 0.15) is 0 Å². The second-order valence-corrected chi connectivity index (χ2v) is 7.83. The van der Waals surface area contributed by atoms with Crippen LogP contribution in [-0.4, -0.2) is 47.9 Å². The van der Waals surface area contributed by atoms with E-state index in [0.717, 1.165) is 32.0 Å². The number of nitrogens with zero attached hydrogens (tertiary/aromatic N) is 1. The monoisotopic (exact) mass is 309 g/mol. The first kappa shape index (κ1) is 17.3. The van der Waals surface area contributed by atoms with E-state index in [1.807, 2.05) is 20.8 Å². The van der Waals surface area contributed by atoms with E-state index in [-0.39, 0.29) is 5.54 Å². The zero-order valence-corrected chi connectivity index (χ0v) is 14.3. The Hall–Kier alpha value is -1.10. The van der Waals surface area contributed by atoms with Crippen molar-refractivity contribution in [2.75, 3.05) is 19.6 Å². The predicted molar refractivity (Wildman–Crippen MR) is 87.5 cm³/mol. The summed E-state index contributed by atoms with van der Waals surface area (Å²) in [4.78, 5) is 26.2. The number of carbonyl (C=O) groups is 2. The summed E-state index contributed by atoms with van der Waals surface area (Å²) >= 11 is 0. The maximum atomic E-state index is 11.8. The molecular formula is C17H31N3O2. The second-order valence-electron chi connectivity index (χ2n) is 7.83. The molecular weight excluding hydrogens is 278 g/mol. The fourth-order valence-corrected chi connectivity index (χ4v) is 3.51. The summed E-state index contributed by atoms with van der Waals surface area (Å²) in [5.41, 5.74) is -0.374. The van der Waals surface area contributed by atoms with Gasteiger partial charge in [-0.15, -0.1) is 0 Å². The van der Waals surface area contributed by atoms with Crippen LogP contribution in [0.5, 0.6) is 0 Å². The number of nitrogens with one attached hydrogen (secondary N) is 2. The van der Waals surface area contributed by atoms with Gasteiger partial charge in [0.2, 0.25) is 0 Å². The first-order chi connectivity index (χ1) is 10.3. The van der Waals surface area contributed by atoms with E-state index >= 15 is 0 Å². The number of likely N-dealkylation sites (tertiary alicyclic amines) is 1. The van der Waals surface area contributed by atoms with Crippen molar-refractivity contribution in [3.05, 3.63) is 0 Å². The quantitative estimate of drug-likeness (QED) is 0.780. The molecule has 0 unspecified atom stereocenters. The Morgan fingerprint density at radius 3 is 2.14 bits per heavy atom. The highest BCUT2D eigenvalue weighted by Gasteiger charge is 2.27. The third-order valence-electron chi connectivity index (χ3n) is 4.74.